The zero-order valence-corrected chi connectivity index (χ0v) is 30.8. The molecule has 8 aromatic carbocycles. The van der Waals surface area contributed by atoms with Gasteiger partial charge in [-0.2, -0.15) is 0 Å². The summed E-state index contributed by atoms with van der Waals surface area (Å²) in [6.07, 6.45) is 0. The summed E-state index contributed by atoms with van der Waals surface area (Å²) < 4.78 is 17.9. The van der Waals surface area contributed by atoms with Gasteiger partial charge in [0, 0.05) is 68.4 Å². The van der Waals surface area contributed by atoms with Crippen LogP contribution in [-0.2, 0) is 0 Å². The number of hydrogen-bond donors (Lipinski definition) is 0. The van der Waals surface area contributed by atoms with E-state index in [1.165, 1.54) is 40.3 Å². The molecule has 4 nitrogen and oxygen atoms in total. The Labute approximate surface area is 322 Å². The maximum atomic E-state index is 6.42. The van der Waals surface area contributed by atoms with E-state index in [4.69, 9.17) is 13.8 Å². The predicted molar refractivity (Wildman–Crippen MR) is 233 cm³/mol. The van der Waals surface area contributed by atoms with Crippen molar-refractivity contribution in [1.82, 2.24) is 4.98 Å². The molecule has 0 atom stereocenters. The van der Waals surface area contributed by atoms with E-state index in [0.717, 1.165) is 66.8 Å². The molecular formula is C49H28N2O2S2. The van der Waals surface area contributed by atoms with Crippen LogP contribution in [0, 0.1) is 0 Å². The molecule has 0 fully saturated rings. The highest BCUT2D eigenvalue weighted by molar-refractivity contribution is 7.26. The quantitative estimate of drug-likeness (QED) is 0.176. The van der Waals surface area contributed by atoms with Gasteiger partial charge < -0.3 is 13.7 Å². The maximum absolute atomic E-state index is 6.42. The van der Waals surface area contributed by atoms with E-state index in [9.17, 15) is 0 Å². The van der Waals surface area contributed by atoms with Gasteiger partial charge >= 0.3 is 0 Å². The van der Waals surface area contributed by atoms with Crippen LogP contribution in [0.3, 0.4) is 0 Å². The van der Waals surface area contributed by atoms with Gasteiger partial charge in [0.2, 0.25) is 5.89 Å². The molecular weight excluding hydrogens is 713 g/mol. The minimum atomic E-state index is 0.603. The van der Waals surface area contributed by atoms with E-state index in [2.05, 4.69) is 132 Å². The maximum Gasteiger partial charge on any atom is 0.227 e. The Morgan fingerprint density at radius 3 is 1.67 bits per heavy atom. The summed E-state index contributed by atoms with van der Waals surface area (Å²) in [7, 11) is 0. The normalized spacial score (nSPS) is 12.0. The van der Waals surface area contributed by atoms with Crippen LogP contribution >= 0.6 is 22.7 Å². The molecule has 6 heteroatoms. The SMILES string of the molecule is c1ccc(-c2nc3ccc4oc5ccc(-c6ccc(N(c7ccc8c(c7)sc7ccccc78)c7ccc8c(c7)sc7ccccc78)cc6)cc5c4c3o2)cc1. The zero-order valence-electron chi connectivity index (χ0n) is 29.2. The molecule has 0 amide bonds. The first-order valence-electron chi connectivity index (χ1n) is 18.3. The molecule has 0 aliphatic heterocycles. The van der Waals surface area contributed by atoms with E-state index in [0.29, 0.717) is 5.89 Å². The fraction of sp³-hybridized carbons (Fsp3) is 0. The number of aromatic nitrogens is 1. The van der Waals surface area contributed by atoms with Crippen LogP contribution in [0.2, 0.25) is 0 Å². The lowest BCUT2D eigenvalue weighted by atomic mass is 10.0. The summed E-state index contributed by atoms with van der Waals surface area (Å²) in [5.41, 5.74) is 9.68. The molecule has 4 aromatic heterocycles. The molecule has 0 aliphatic carbocycles. The van der Waals surface area contributed by atoms with E-state index < -0.39 is 0 Å². The van der Waals surface area contributed by atoms with Crippen molar-refractivity contribution >= 4 is 113 Å². The Bertz CT molecular complexity index is 3330. The molecule has 0 radical (unpaired) electrons. The lowest BCUT2D eigenvalue weighted by Crippen LogP contribution is -2.09. The summed E-state index contributed by atoms with van der Waals surface area (Å²) in [5, 5.41) is 7.15. The lowest BCUT2D eigenvalue weighted by Gasteiger charge is -2.26. The first-order valence-corrected chi connectivity index (χ1v) is 19.9. The van der Waals surface area contributed by atoms with Crippen LogP contribution in [0.1, 0.15) is 0 Å². The molecule has 55 heavy (non-hydrogen) atoms. The molecule has 258 valence electrons. The van der Waals surface area contributed by atoms with E-state index in [1.807, 2.05) is 65.1 Å². The molecule has 4 heterocycles. The van der Waals surface area contributed by atoms with E-state index in [-0.39, 0.29) is 0 Å². The van der Waals surface area contributed by atoms with Gasteiger partial charge in [-0.25, -0.2) is 4.98 Å². The smallest absolute Gasteiger partial charge is 0.227 e. The molecule has 0 unspecified atom stereocenters. The second-order valence-electron chi connectivity index (χ2n) is 13.9. The van der Waals surface area contributed by atoms with Gasteiger partial charge in [0.05, 0.1) is 5.39 Å². The van der Waals surface area contributed by atoms with Crippen molar-refractivity contribution in [1.29, 1.82) is 0 Å². The number of fused-ring (bicyclic) bond motifs is 11. The van der Waals surface area contributed by atoms with E-state index >= 15 is 0 Å². The number of benzene rings is 8. The number of rotatable bonds is 5. The van der Waals surface area contributed by atoms with Crippen molar-refractivity contribution in [3.63, 3.8) is 0 Å². The second-order valence-corrected chi connectivity index (χ2v) is 16.1. The van der Waals surface area contributed by atoms with Crippen molar-refractivity contribution in [3.8, 4) is 22.6 Å². The van der Waals surface area contributed by atoms with Gasteiger partial charge in [-0.15, -0.1) is 22.7 Å². The number of nitrogens with zero attached hydrogens (tertiary/aromatic N) is 2. The summed E-state index contributed by atoms with van der Waals surface area (Å²) in [5.74, 6) is 0.603. The third-order valence-electron chi connectivity index (χ3n) is 10.7. The highest BCUT2D eigenvalue weighted by atomic mass is 32.1. The van der Waals surface area contributed by atoms with Gasteiger partial charge in [0.25, 0.3) is 0 Å². The average molecular weight is 741 g/mol. The summed E-state index contributed by atoms with van der Waals surface area (Å²) in [4.78, 5) is 7.20. The fourth-order valence-corrected chi connectivity index (χ4v) is 10.4. The number of oxazole rings is 1. The lowest BCUT2D eigenvalue weighted by molar-refractivity contribution is 0.622. The Morgan fingerprint density at radius 2 is 0.982 bits per heavy atom. The summed E-state index contributed by atoms with van der Waals surface area (Å²) in [6, 6.07) is 60.4. The topological polar surface area (TPSA) is 42.4 Å². The third kappa shape index (κ3) is 4.85. The largest absolute Gasteiger partial charge is 0.456 e. The van der Waals surface area contributed by atoms with Gasteiger partial charge in [-0.1, -0.05) is 84.9 Å². The number of hydrogen-bond acceptors (Lipinski definition) is 6. The molecule has 0 spiro atoms. The number of anilines is 3. The second kappa shape index (κ2) is 11.9. The van der Waals surface area contributed by atoms with Crippen LogP contribution in [0.5, 0.6) is 0 Å². The first-order chi connectivity index (χ1) is 27.2. The van der Waals surface area contributed by atoms with Crippen molar-refractivity contribution < 1.29 is 8.83 Å². The van der Waals surface area contributed by atoms with Crippen LogP contribution < -0.4 is 4.90 Å². The van der Waals surface area contributed by atoms with Gasteiger partial charge in [-0.05, 0) is 96.1 Å². The van der Waals surface area contributed by atoms with Gasteiger partial charge in [0.15, 0.2) is 5.58 Å². The van der Waals surface area contributed by atoms with Crippen LogP contribution in [0.4, 0.5) is 17.1 Å². The monoisotopic (exact) mass is 740 g/mol. The fourth-order valence-electron chi connectivity index (χ4n) is 8.09. The number of thiophene rings is 2. The van der Waals surface area contributed by atoms with Crippen LogP contribution in [-0.4, -0.2) is 4.98 Å². The Kier molecular flexibility index (Phi) is 6.64. The molecule has 12 aromatic rings. The first kappa shape index (κ1) is 30.7. The zero-order chi connectivity index (χ0) is 36.0. The summed E-state index contributed by atoms with van der Waals surface area (Å²) in [6.45, 7) is 0. The molecule has 0 saturated heterocycles. The van der Waals surface area contributed by atoms with Crippen LogP contribution in [0.15, 0.2) is 179 Å². The third-order valence-corrected chi connectivity index (χ3v) is 13.0. The Hall–Kier alpha value is -6.73. The van der Waals surface area contributed by atoms with Crippen molar-refractivity contribution in [2.24, 2.45) is 0 Å². The van der Waals surface area contributed by atoms with Gasteiger partial charge in [-0.3, -0.25) is 0 Å². The summed E-state index contributed by atoms with van der Waals surface area (Å²) >= 11 is 3.70. The van der Waals surface area contributed by atoms with Crippen molar-refractivity contribution in [3.05, 3.63) is 170 Å². The standard InChI is InChI=1S/C49H28N2O2S2/c1-2-8-30(9-3-1)49-50-40-23-25-42-47(48(40)53-49)39-26-31(16-24-41(39)52-42)29-14-17-32(18-15-29)51(33-19-21-37-35-10-4-6-12-43(35)54-45(37)27-33)34-20-22-38-36-11-5-7-13-44(36)55-46(38)28-34/h1-28H. The molecule has 0 bridgehead atoms. The highest BCUT2D eigenvalue weighted by Crippen LogP contribution is 2.44. The average Bonchev–Trinajstić information content (AvgIpc) is 4.02. The van der Waals surface area contributed by atoms with Crippen molar-refractivity contribution in [2.75, 3.05) is 4.90 Å². The minimum Gasteiger partial charge on any atom is -0.456 e. The highest BCUT2D eigenvalue weighted by Gasteiger charge is 2.19. The minimum absolute atomic E-state index is 0.603. The number of furan rings is 1. The van der Waals surface area contributed by atoms with Crippen molar-refractivity contribution in [2.45, 2.75) is 0 Å². The Morgan fingerprint density at radius 1 is 0.400 bits per heavy atom. The molecule has 0 aliphatic rings. The van der Waals surface area contributed by atoms with Gasteiger partial charge in [0.1, 0.15) is 16.7 Å². The molecule has 12 rings (SSSR count). The van der Waals surface area contributed by atoms with E-state index in [1.54, 1.807) is 0 Å². The Balaban J connectivity index is 0.979. The predicted octanol–water partition coefficient (Wildman–Crippen LogP) is 15.3. The molecule has 0 N–H and O–H groups in total. The van der Waals surface area contributed by atoms with Crippen LogP contribution in [0.25, 0.3) is 96.0 Å². The molecule has 0 saturated carbocycles.